The van der Waals surface area contributed by atoms with Gasteiger partial charge in [-0.3, -0.25) is 0 Å². The van der Waals surface area contributed by atoms with E-state index in [4.69, 9.17) is 0 Å². The van der Waals surface area contributed by atoms with Crippen LogP contribution >= 0.6 is 0 Å². The molecule has 3 rings (SSSR count). The third-order valence-electron chi connectivity index (χ3n) is 3.29. The molecule has 0 saturated carbocycles. The van der Waals surface area contributed by atoms with Crippen molar-refractivity contribution in [3.05, 3.63) is 42.2 Å². The van der Waals surface area contributed by atoms with E-state index in [1.165, 1.54) is 6.07 Å². The standard InChI is InChI=1S/C14H14F2N4/c15-12-2-1-10(7-13(12)16)11-8-18-14(19-9-11)20-5-3-17-4-6-20/h1-2,7-9,17H,3-6H2. The summed E-state index contributed by atoms with van der Waals surface area (Å²) >= 11 is 0. The van der Waals surface area contributed by atoms with Crippen LogP contribution in [0.5, 0.6) is 0 Å². The Morgan fingerprint density at radius 2 is 1.65 bits per heavy atom. The van der Waals surface area contributed by atoms with Crippen LogP contribution < -0.4 is 10.2 Å². The maximum absolute atomic E-state index is 13.2. The molecule has 1 N–H and O–H groups in total. The van der Waals surface area contributed by atoms with Gasteiger partial charge in [0.2, 0.25) is 5.95 Å². The molecule has 0 bridgehead atoms. The molecule has 104 valence electrons. The molecule has 1 aromatic carbocycles. The molecular formula is C14H14F2N4. The lowest BCUT2D eigenvalue weighted by atomic mass is 10.1. The first-order chi connectivity index (χ1) is 9.74. The van der Waals surface area contributed by atoms with Gasteiger partial charge in [0.15, 0.2) is 11.6 Å². The molecule has 0 atom stereocenters. The first-order valence-electron chi connectivity index (χ1n) is 6.47. The molecule has 2 heterocycles. The highest BCUT2D eigenvalue weighted by molar-refractivity contribution is 5.62. The molecule has 1 saturated heterocycles. The zero-order valence-corrected chi connectivity index (χ0v) is 10.8. The van der Waals surface area contributed by atoms with Crippen molar-refractivity contribution >= 4 is 5.95 Å². The van der Waals surface area contributed by atoms with E-state index in [0.717, 1.165) is 38.3 Å². The summed E-state index contributed by atoms with van der Waals surface area (Å²) in [6.45, 7) is 3.55. The van der Waals surface area contributed by atoms with Gasteiger partial charge in [0.25, 0.3) is 0 Å². The van der Waals surface area contributed by atoms with Crippen molar-refractivity contribution in [3.8, 4) is 11.1 Å². The number of anilines is 1. The third kappa shape index (κ3) is 2.60. The number of nitrogens with one attached hydrogen (secondary N) is 1. The lowest BCUT2D eigenvalue weighted by molar-refractivity contribution is 0.509. The second-order valence-electron chi connectivity index (χ2n) is 4.64. The molecular weight excluding hydrogens is 262 g/mol. The molecule has 0 radical (unpaired) electrons. The van der Waals surface area contributed by atoms with E-state index in [1.54, 1.807) is 12.4 Å². The maximum atomic E-state index is 13.2. The fourth-order valence-electron chi connectivity index (χ4n) is 2.17. The summed E-state index contributed by atoms with van der Waals surface area (Å²) in [7, 11) is 0. The van der Waals surface area contributed by atoms with Crippen molar-refractivity contribution < 1.29 is 8.78 Å². The lowest BCUT2D eigenvalue weighted by Gasteiger charge is -2.27. The quantitative estimate of drug-likeness (QED) is 0.908. The van der Waals surface area contributed by atoms with Crippen LogP contribution in [-0.2, 0) is 0 Å². The summed E-state index contributed by atoms with van der Waals surface area (Å²) < 4.78 is 26.1. The topological polar surface area (TPSA) is 41.1 Å². The van der Waals surface area contributed by atoms with Crippen molar-refractivity contribution in [1.29, 1.82) is 0 Å². The van der Waals surface area contributed by atoms with Gasteiger partial charge in [0, 0.05) is 44.1 Å². The van der Waals surface area contributed by atoms with E-state index in [1.807, 2.05) is 0 Å². The average molecular weight is 276 g/mol. The Kier molecular flexibility index (Phi) is 3.56. The van der Waals surface area contributed by atoms with Crippen LogP contribution in [-0.4, -0.2) is 36.1 Å². The summed E-state index contributed by atoms with van der Waals surface area (Å²) in [5.74, 6) is -1.06. The number of hydrogen-bond donors (Lipinski definition) is 1. The molecule has 2 aromatic rings. The van der Waals surface area contributed by atoms with Gasteiger partial charge >= 0.3 is 0 Å². The molecule has 1 aliphatic heterocycles. The Labute approximate surface area is 115 Å². The summed E-state index contributed by atoms with van der Waals surface area (Å²) in [5, 5.41) is 3.26. The van der Waals surface area contributed by atoms with Gasteiger partial charge in [-0.1, -0.05) is 6.07 Å². The molecule has 0 spiro atoms. The second kappa shape index (κ2) is 5.50. The predicted octanol–water partition coefficient (Wildman–Crippen LogP) is 1.83. The van der Waals surface area contributed by atoms with Crippen molar-refractivity contribution in [3.63, 3.8) is 0 Å². The van der Waals surface area contributed by atoms with Crippen LogP contribution in [0.15, 0.2) is 30.6 Å². The summed E-state index contributed by atoms with van der Waals surface area (Å²) in [6, 6.07) is 3.77. The number of benzene rings is 1. The Balaban J connectivity index is 1.83. The van der Waals surface area contributed by atoms with Gasteiger partial charge in [0.1, 0.15) is 0 Å². The number of piperazine rings is 1. The summed E-state index contributed by atoms with van der Waals surface area (Å²) in [5.41, 5.74) is 1.23. The van der Waals surface area contributed by atoms with Crippen LogP contribution in [0.3, 0.4) is 0 Å². The van der Waals surface area contributed by atoms with Crippen LogP contribution in [0.4, 0.5) is 14.7 Å². The summed E-state index contributed by atoms with van der Waals surface area (Å²) in [4.78, 5) is 10.7. The van der Waals surface area contributed by atoms with E-state index < -0.39 is 11.6 Å². The molecule has 1 fully saturated rings. The minimum atomic E-state index is -0.867. The Hall–Kier alpha value is -2.08. The van der Waals surface area contributed by atoms with Crippen LogP contribution in [0.25, 0.3) is 11.1 Å². The van der Waals surface area contributed by atoms with Gasteiger partial charge < -0.3 is 10.2 Å². The largest absolute Gasteiger partial charge is 0.338 e. The average Bonchev–Trinajstić information content (AvgIpc) is 2.51. The molecule has 0 amide bonds. The molecule has 1 aromatic heterocycles. The number of rotatable bonds is 2. The zero-order chi connectivity index (χ0) is 13.9. The van der Waals surface area contributed by atoms with E-state index in [9.17, 15) is 8.78 Å². The highest BCUT2D eigenvalue weighted by Gasteiger charge is 2.13. The second-order valence-corrected chi connectivity index (χ2v) is 4.64. The minimum absolute atomic E-state index is 0.566. The van der Waals surface area contributed by atoms with Crippen LogP contribution in [0.2, 0.25) is 0 Å². The van der Waals surface area contributed by atoms with Crippen molar-refractivity contribution in [2.75, 3.05) is 31.1 Å². The molecule has 0 aliphatic carbocycles. The van der Waals surface area contributed by atoms with E-state index in [0.29, 0.717) is 17.1 Å². The first-order valence-corrected chi connectivity index (χ1v) is 6.47. The Morgan fingerprint density at radius 1 is 0.950 bits per heavy atom. The van der Waals surface area contributed by atoms with Crippen molar-refractivity contribution in [2.24, 2.45) is 0 Å². The molecule has 4 nitrogen and oxygen atoms in total. The van der Waals surface area contributed by atoms with Crippen molar-refractivity contribution in [1.82, 2.24) is 15.3 Å². The minimum Gasteiger partial charge on any atom is -0.338 e. The predicted molar refractivity (Wildman–Crippen MR) is 72.5 cm³/mol. The molecule has 0 unspecified atom stereocenters. The van der Waals surface area contributed by atoms with E-state index in [2.05, 4.69) is 20.2 Å². The third-order valence-corrected chi connectivity index (χ3v) is 3.29. The number of hydrogen-bond acceptors (Lipinski definition) is 4. The van der Waals surface area contributed by atoms with Gasteiger partial charge in [-0.15, -0.1) is 0 Å². The highest BCUT2D eigenvalue weighted by Crippen LogP contribution is 2.21. The number of halogens is 2. The molecule has 20 heavy (non-hydrogen) atoms. The van der Waals surface area contributed by atoms with Gasteiger partial charge in [0.05, 0.1) is 0 Å². The highest BCUT2D eigenvalue weighted by atomic mass is 19.2. The molecule has 1 aliphatic rings. The van der Waals surface area contributed by atoms with Crippen LogP contribution in [0.1, 0.15) is 0 Å². The number of nitrogens with zero attached hydrogens (tertiary/aromatic N) is 3. The Bertz CT molecular complexity index is 595. The monoisotopic (exact) mass is 276 g/mol. The molecule has 6 heteroatoms. The maximum Gasteiger partial charge on any atom is 0.225 e. The van der Waals surface area contributed by atoms with Gasteiger partial charge in [-0.2, -0.15) is 0 Å². The zero-order valence-electron chi connectivity index (χ0n) is 10.8. The summed E-state index contributed by atoms with van der Waals surface area (Å²) in [6.07, 6.45) is 3.27. The fourth-order valence-corrected chi connectivity index (χ4v) is 2.17. The van der Waals surface area contributed by atoms with E-state index in [-0.39, 0.29) is 0 Å². The SMILES string of the molecule is Fc1ccc(-c2cnc(N3CCNCC3)nc2)cc1F. The smallest absolute Gasteiger partial charge is 0.225 e. The van der Waals surface area contributed by atoms with Crippen molar-refractivity contribution in [2.45, 2.75) is 0 Å². The Morgan fingerprint density at radius 3 is 2.30 bits per heavy atom. The van der Waals surface area contributed by atoms with Crippen LogP contribution in [0, 0.1) is 11.6 Å². The normalized spacial score (nSPS) is 15.4. The lowest BCUT2D eigenvalue weighted by Crippen LogP contribution is -2.44. The van der Waals surface area contributed by atoms with Gasteiger partial charge in [-0.05, 0) is 17.7 Å². The first kappa shape index (κ1) is 12.9. The fraction of sp³-hybridized carbons (Fsp3) is 0.286. The number of aromatic nitrogens is 2. The van der Waals surface area contributed by atoms with Gasteiger partial charge in [-0.25, -0.2) is 18.7 Å². The van der Waals surface area contributed by atoms with E-state index >= 15 is 0 Å².